The average molecular weight is 445 g/mol. The van der Waals surface area contributed by atoms with Crippen LogP contribution in [0.4, 0.5) is 11.4 Å². The zero-order valence-corrected chi connectivity index (χ0v) is 19.6. The number of aliphatic hydroxyl groups is 1. The summed E-state index contributed by atoms with van der Waals surface area (Å²) in [5.41, 5.74) is 3.32. The van der Waals surface area contributed by atoms with Crippen molar-refractivity contribution in [3.8, 4) is 17.2 Å². The van der Waals surface area contributed by atoms with Gasteiger partial charge in [-0.05, 0) is 42.7 Å². The molecule has 31 heavy (non-hydrogen) atoms. The summed E-state index contributed by atoms with van der Waals surface area (Å²) in [6.45, 7) is 10.0. The maximum atomic E-state index is 10.7. The minimum absolute atomic E-state index is 0.00316. The molecule has 6 nitrogen and oxygen atoms in total. The number of phenolic OH excluding ortho intramolecular Hbond substituents is 3. The van der Waals surface area contributed by atoms with Gasteiger partial charge in [0.1, 0.15) is 17.2 Å². The normalized spacial score (nSPS) is 11.6. The van der Waals surface area contributed by atoms with Gasteiger partial charge in [0.05, 0.1) is 23.0 Å². The fraction of sp³-hybridized carbons (Fsp3) is 0.333. The van der Waals surface area contributed by atoms with E-state index in [1.165, 1.54) is 17.8 Å². The number of anilines is 2. The van der Waals surface area contributed by atoms with Gasteiger partial charge in [-0.15, -0.1) is 11.8 Å². The molecule has 0 saturated heterocycles. The van der Waals surface area contributed by atoms with Crippen LogP contribution in [0.15, 0.2) is 48.0 Å². The van der Waals surface area contributed by atoms with Gasteiger partial charge < -0.3 is 30.2 Å². The fourth-order valence-electron chi connectivity index (χ4n) is 3.32. The summed E-state index contributed by atoms with van der Waals surface area (Å²) in [6, 6.07) is 8.37. The fourth-order valence-corrected chi connectivity index (χ4v) is 3.98. The molecule has 0 unspecified atom stereocenters. The van der Waals surface area contributed by atoms with Crippen LogP contribution < -0.4 is 9.80 Å². The van der Waals surface area contributed by atoms with Crippen LogP contribution in [0.1, 0.15) is 37.8 Å². The summed E-state index contributed by atoms with van der Waals surface area (Å²) >= 11 is 1.39. The van der Waals surface area contributed by atoms with Gasteiger partial charge in [0, 0.05) is 37.2 Å². The second-order valence-corrected chi connectivity index (χ2v) is 8.79. The first kappa shape index (κ1) is 24.5. The van der Waals surface area contributed by atoms with E-state index in [2.05, 4.69) is 6.58 Å². The highest BCUT2D eigenvalue weighted by Crippen LogP contribution is 2.42. The molecule has 0 saturated carbocycles. The summed E-state index contributed by atoms with van der Waals surface area (Å²) in [5, 5.41) is 41.2. The first-order chi connectivity index (χ1) is 14.6. The Kier molecular flexibility index (Phi) is 8.30. The number of aromatic hydroxyl groups is 3. The van der Waals surface area contributed by atoms with Crippen molar-refractivity contribution in [3.63, 3.8) is 0 Å². The van der Waals surface area contributed by atoms with Gasteiger partial charge in [0.15, 0.2) is 0 Å². The molecule has 7 heteroatoms. The molecule has 0 amide bonds. The highest BCUT2D eigenvalue weighted by Gasteiger charge is 2.23. The van der Waals surface area contributed by atoms with Gasteiger partial charge in [-0.3, -0.25) is 0 Å². The Morgan fingerprint density at radius 1 is 1.06 bits per heavy atom. The van der Waals surface area contributed by atoms with Crippen molar-refractivity contribution >= 4 is 28.8 Å². The topological polar surface area (TPSA) is 87.4 Å². The molecule has 0 radical (unpaired) electrons. The lowest BCUT2D eigenvalue weighted by Crippen LogP contribution is -2.20. The van der Waals surface area contributed by atoms with Gasteiger partial charge in [0.25, 0.3) is 0 Å². The van der Waals surface area contributed by atoms with E-state index < -0.39 is 0 Å². The zero-order valence-electron chi connectivity index (χ0n) is 18.8. The second kappa shape index (κ2) is 10.5. The van der Waals surface area contributed by atoms with Crippen molar-refractivity contribution in [2.75, 3.05) is 36.3 Å². The van der Waals surface area contributed by atoms with Gasteiger partial charge >= 0.3 is 0 Å². The highest BCUT2D eigenvalue weighted by atomic mass is 32.2. The highest BCUT2D eigenvalue weighted by molar-refractivity contribution is 8.03. The van der Waals surface area contributed by atoms with Crippen LogP contribution >= 0.6 is 11.8 Å². The van der Waals surface area contributed by atoms with Crippen LogP contribution in [-0.4, -0.2) is 46.9 Å². The smallest absolute Gasteiger partial charge is 0.139 e. The van der Waals surface area contributed by atoms with Gasteiger partial charge in [-0.1, -0.05) is 26.5 Å². The molecule has 2 aromatic rings. The van der Waals surface area contributed by atoms with Gasteiger partial charge in [-0.25, -0.2) is 0 Å². The van der Waals surface area contributed by atoms with Crippen LogP contribution in [0, 0.1) is 0 Å². The monoisotopic (exact) mass is 444 g/mol. The number of hydrogen-bond donors (Lipinski definition) is 4. The molecule has 0 atom stereocenters. The summed E-state index contributed by atoms with van der Waals surface area (Å²) in [6.07, 6.45) is 1.86. The van der Waals surface area contributed by atoms with Gasteiger partial charge in [-0.2, -0.15) is 0 Å². The average Bonchev–Trinajstić information content (AvgIpc) is 2.71. The van der Waals surface area contributed by atoms with E-state index in [9.17, 15) is 20.4 Å². The third-order valence-corrected chi connectivity index (χ3v) is 5.77. The zero-order chi connectivity index (χ0) is 23.3. The first-order valence-corrected chi connectivity index (χ1v) is 11.1. The number of phenols is 3. The molecule has 0 aliphatic rings. The van der Waals surface area contributed by atoms with Crippen molar-refractivity contribution in [1.29, 1.82) is 0 Å². The second-order valence-electron chi connectivity index (χ2n) is 7.63. The largest absolute Gasteiger partial charge is 0.508 e. The molecule has 0 aliphatic heterocycles. The van der Waals surface area contributed by atoms with Crippen molar-refractivity contribution in [2.24, 2.45) is 0 Å². The lowest BCUT2D eigenvalue weighted by atomic mass is 9.97. The predicted molar refractivity (Wildman–Crippen MR) is 131 cm³/mol. The first-order valence-electron chi connectivity index (χ1n) is 10.1. The Labute approximate surface area is 188 Å². The minimum atomic E-state index is -0.0495. The molecule has 0 aliphatic carbocycles. The lowest BCUT2D eigenvalue weighted by Gasteiger charge is -2.31. The third kappa shape index (κ3) is 5.48. The summed E-state index contributed by atoms with van der Waals surface area (Å²) in [7, 11) is 3.69. The molecule has 0 spiro atoms. The summed E-state index contributed by atoms with van der Waals surface area (Å²) < 4.78 is 0. The quantitative estimate of drug-likeness (QED) is 0.430. The molecular formula is C24H32N2O4S. The molecule has 4 N–H and O–H groups in total. The third-order valence-electron chi connectivity index (χ3n) is 4.87. The molecule has 0 bridgehead atoms. The Morgan fingerprint density at radius 3 is 2.29 bits per heavy atom. The van der Waals surface area contributed by atoms with E-state index in [0.717, 1.165) is 11.3 Å². The van der Waals surface area contributed by atoms with Crippen LogP contribution in [0.25, 0.3) is 5.70 Å². The van der Waals surface area contributed by atoms with Crippen molar-refractivity contribution in [1.82, 2.24) is 0 Å². The summed E-state index contributed by atoms with van der Waals surface area (Å²) in [4.78, 5) is 3.69. The van der Waals surface area contributed by atoms with E-state index in [1.54, 1.807) is 18.2 Å². The Hall–Kier alpha value is -2.77. The number of benzene rings is 2. The van der Waals surface area contributed by atoms with Crippen molar-refractivity contribution in [3.05, 3.63) is 59.1 Å². The molecule has 2 rings (SSSR count). The predicted octanol–water partition coefficient (Wildman–Crippen LogP) is 5.06. The summed E-state index contributed by atoms with van der Waals surface area (Å²) in [5.74, 6) is 0.674. The number of rotatable bonds is 9. The van der Waals surface area contributed by atoms with Crippen molar-refractivity contribution < 1.29 is 20.4 Å². The standard InChI is InChI=1S/C24H32N2O4S/c1-7-20(19-13-18(15(2)3)23(29)14-24(19)30)26(16(4)31-11-10-27)17-8-9-22(28)21(12-17)25(5)6/h7-9,12-15,27-30H,4,10-11H2,1-3,5-6H3/b20-7-. The van der Waals surface area contributed by atoms with E-state index in [1.807, 2.05) is 56.8 Å². The van der Waals surface area contributed by atoms with Gasteiger partial charge in [0.2, 0.25) is 0 Å². The van der Waals surface area contributed by atoms with Crippen LogP contribution in [0.5, 0.6) is 17.2 Å². The Balaban J connectivity index is 2.70. The minimum Gasteiger partial charge on any atom is -0.508 e. The molecule has 0 aromatic heterocycles. The number of aliphatic hydroxyl groups excluding tert-OH is 1. The molecule has 2 aromatic carbocycles. The lowest BCUT2D eigenvalue weighted by molar-refractivity contribution is 0.322. The van der Waals surface area contributed by atoms with E-state index in [-0.39, 0.29) is 29.8 Å². The Bertz CT molecular complexity index is 970. The molecular weight excluding hydrogens is 412 g/mol. The van der Waals surface area contributed by atoms with E-state index >= 15 is 0 Å². The number of allylic oxidation sites excluding steroid dienone is 1. The number of thioether (sulfide) groups is 1. The Morgan fingerprint density at radius 2 is 1.74 bits per heavy atom. The van der Waals surface area contributed by atoms with E-state index in [4.69, 9.17) is 0 Å². The number of nitrogens with zero attached hydrogens (tertiary/aromatic N) is 2. The SMILES string of the molecule is C=C(SCCO)N(/C(=C\C)c1cc(C(C)C)c(O)cc1O)c1ccc(O)c(N(C)C)c1. The number of hydrogen-bond acceptors (Lipinski definition) is 7. The maximum Gasteiger partial charge on any atom is 0.139 e. The van der Waals surface area contributed by atoms with Crippen LogP contribution in [0.3, 0.4) is 0 Å². The molecule has 0 heterocycles. The van der Waals surface area contributed by atoms with Crippen LogP contribution in [0.2, 0.25) is 0 Å². The van der Waals surface area contributed by atoms with Crippen molar-refractivity contribution in [2.45, 2.75) is 26.7 Å². The van der Waals surface area contributed by atoms with E-state index in [0.29, 0.717) is 27.7 Å². The molecule has 168 valence electrons. The van der Waals surface area contributed by atoms with Crippen LogP contribution in [-0.2, 0) is 0 Å². The molecule has 0 fully saturated rings. The maximum absolute atomic E-state index is 10.7.